The highest BCUT2D eigenvalue weighted by Gasteiger charge is 2.28. The van der Waals surface area contributed by atoms with Gasteiger partial charge in [0.1, 0.15) is 17.4 Å². The smallest absolute Gasteiger partial charge is 0.378 e. The molecule has 134 valence electrons. The van der Waals surface area contributed by atoms with Crippen molar-refractivity contribution < 1.29 is 28.2 Å². The van der Waals surface area contributed by atoms with Gasteiger partial charge in [0, 0.05) is 0 Å². The molecule has 1 rings (SSSR count). The Bertz CT molecular complexity index is 637. The number of carbonyl (C=O) groups excluding carboxylic acids is 2. The van der Waals surface area contributed by atoms with E-state index in [1.165, 1.54) is 0 Å². The van der Waals surface area contributed by atoms with Crippen LogP contribution in [0.2, 0.25) is 0 Å². The molecule has 1 aromatic rings. The first-order chi connectivity index (χ1) is 11.2. The third-order valence-electron chi connectivity index (χ3n) is 2.78. The molecular formula is C17H24O7. The molecule has 0 aliphatic carbocycles. The van der Waals surface area contributed by atoms with Gasteiger partial charge in [-0.15, -0.1) is 0 Å². The fraction of sp³-hybridized carbons (Fsp3) is 0.588. The molecule has 1 aromatic heterocycles. The van der Waals surface area contributed by atoms with Gasteiger partial charge in [0.15, 0.2) is 0 Å². The van der Waals surface area contributed by atoms with Crippen LogP contribution in [0, 0.1) is 0 Å². The summed E-state index contributed by atoms with van der Waals surface area (Å²) in [4.78, 5) is 36.6. The van der Waals surface area contributed by atoms with E-state index in [1.54, 1.807) is 27.7 Å². The Morgan fingerprint density at radius 1 is 1.17 bits per heavy atom. The lowest BCUT2D eigenvalue weighted by Crippen LogP contribution is -2.28. The third kappa shape index (κ3) is 5.40. The summed E-state index contributed by atoms with van der Waals surface area (Å²) in [5.74, 6) is -2.35. The van der Waals surface area contributed by atoms with E-state index < -0.39 is 23.0 Å². The van der Waals surface area contributed by atoms with Gasteiger partial charge in [-0.1, -0.05) is 13.3 Å². The SMILES string of the molecule is CCCCOc1c(C(=O)OCC)occ(C(=O)OC(C)(C)C)c1=O. The molecule has 7 heteroatoms. The fourth-order valence-corrected chi connectivity index (χ4v) is 1.71. The van der Waals surface area contributed by atoms with Crippen molar-refractivity contribution in [1.82, 2.24) is 0 Å². The number of carbonyl (C=O) groups is 2. The molecule has 0 radical (unpaired) electrons. The first kappa shape index (κ1) is 19.7. The highest BCUT2D eigenvalue weighted by Crippen LogP contribution is 2.18. The van der Waals surface area contributed by atoms with E-state index >= 15 is 0 Å². The molecule has 0 saturated heterocycles. The number of hydrogen-bond donors (Lipinski definition) is 0. The maximum absolute atomic E-state index is 12.5. The second kappa shape index (κ2) is 8.52. The summed E-state index contributed by atoms with van der Waals surface area (Å²) >= 11 is 0. The van der Waals surface area contributed by atoms with Gasteiger partial charge in [0.2, 0.25) is 11.2 Å². The minimum Gasteiger partial charge on any atom is -0.486 e. The van der Waals surface area contributed by atoms with Crippen molar-refractivity contribution in [3.63, 3.8) is 0 Å². The number of ether oxygens (including phenoxy) is 3. The van der Waals surface area contributed by atoms with E-state index in [0.29, 0.717) is 6.42 Å². The van der Waals surface area contributed by atoms with Crippen molar-refractivity contribution in [2.24, 2.45) is 0 Å². The van der Waals surface area contributed by atoms with Crippen LogP contribution in [-0.4, -0.2) is 30.8 Å². The van der Waals surface area contributed by atoms with E-state index in [4.69, 9.17) is 18.6 Å². The van der Waals surface area contributed by atoms with Gasteiger partial charge in [0.25, 0.3) is 5.76 Å². The zero-order valence-electron chi connectivity index (χ0n) is 14.8. The summed E-state index contributed by atoms with van der Waals surface area (Å²) in [6, 6.07) is 0. The van der Waals surface area contributed by atoms with Crippen molar-refractivity contribution in [1.29, 1.82) is 0 Å². The first-order valence-electron chi connectivity index (χ1n) is 7.90. The van der Waals surface area contributed by atoms with Crippen molar-refractivity contribution in [3.05, 3.63) is 27.8 Å². The Morgan fingerprint density at radius 2 is 1.83 bits per heavy atom. The predicted octanol–water partition coefficient (Wildman–Crippen LogP) is 2.95. The predicted molar refractivity (Wildman–Crippen MR) is 86.5 cm³/mol. The monoisotopic (exact) mass is 340 g/mol. The van der Waals surface area contributed by atoms with Crippen LogP contribution < -0.4 is 10.2 Å². The maximum atomic E-state index is 12.5. The number of unbranched alkanes of at least 4 members (excludes halogenated alkanes) is 1. The van der Waals surface area contributed by atoms with Gasteiger partial charge < -0.3 is 18.6 Å². The summed E-state index contributed by atoms with van der Waals surface area (Å²) in [7, 11) is 0. The molecule has 0 spiro atoms. The summed E-state index contributed by atoms with van der Waals surface area (Å²) in [6.07, 6.45) is 2.42. The van der Waals surface area contributed by atoms with Gasteiger partial charge >= 0.3 is 11.9 Å². The Kier molecular flexibility index (Phi) is 7.00. The lowest BCUT2D eigenvalue weighted by Gasteiger charge is -2.19. The second-order valence-electron chi connectivity index (χ2n) is 6.06. The molecule has 0 aliphatic heterocycles. The van der Waals surface area contributed by atoms with Crippen LogP contribution in [0.1, 0.15) is 68.4 Å². The average Bonchev–Trinajstić information content (AvgIpc) is 2.47. The molecular weight excluding hydrogens is 316 g/mol. The average molecular weight is 340 g/mol. The lowest BCUT2D eigenvalue weighted by molar-refractivity contribution is 0.00628. The summed E-state index contributed by atoms with van der Waals surface area (Å²) < 4.78 is 20.5. The first-order valence-corrected chi connectivity index (χ1v) is 7.90. The van der Waals surface area contributed by atoms with Crippen LogP contribution in [0.5, 0.6) is 5.75 Å². The van der Waals surface area contributed by atoms with Gasteiger partial charge in [-0.2, -0.15) is 0 Å². The van der Waals surface area contributed by atoms with Crippen LogP contribution in [-0.2, 0) is 9.47 Å². The lowest BCUT2D eigenvalue weighted by atomic mass is 10.2. The van der Waals surface area contributed by atoms with E-state index in [9.17, 15) is 14.4 Å². The van der Waals surface area contributed by atoms with E-state index in [2.05, 4.69) is 0 Å². The van der Waals surface area contributed by atoms with Crippen molar-refractivity contribution in [2.45, 2.75) is 53.1 Å². The summed E-state index contributed by atoms with van der Waals surface area (Å²) in [5.41, 5.74) is -1.86. The highest BCUT2D eigenvalue weighted by molar-refractivity contribution is 5.93. The van der Waals surface area contributed by atoms with Gasteiger partial charge in [-0.25, -0.2) is 9.59 Å². The fourth-order valence-electron chi connectivity index (χ4n) is 1.71. The van der Waals surface area contributed by atoms with Crippen LogP contribution >= 0.6 is 0 Å². The van der Waals surface area contributed by atoms with Gasteiger partial charge in [0.05, 0.1) is 13.2 Å². The zero-order valence-corrected chi connectivity index (χ0v) is 14.8. The molecule has 0 amide bonds. The number of esters is 2. The molecule has 0 saturated carbocycles. The Labute approximate surface area is 140 Å². The van der Waals surface area contributed by atoms with Crippen LogP contribution in [0.3, 0.4) is 0 Å². The van der Waals surface area contributed by atoms with Gasteiger partial charge in [-0.3, -0.25) is 4.79 Å². The molecule has 1 heterocycles. The van der Waals surface area contributed by atoms with Gasteiger partial charge in [-0.05, 0) is 34.1 Å². The normalized spacial score (nSPS) is 11.0. The van der Waals surface area contributed by atoms with Crippen LogP contribution in [0.15, 0.2) is 15.5 Å². The molecule has 7 nitrogen and oxygen atoms in total. The molecule has 0 fully saturated rings. The molecule has 0 unspecified atom stereocenters. The Balaban J connectivity index is 3.26. The topological polar surface area (TPSA) is 92.0 Å². The van der Waals surface area contributed by atoms with Crippen LogP contribution in [0.25, 0.3) is 0 Å². The van der Waals surface area contributed by atoms with E-state index in [-0.39, 0.29) is 30.3 Å². The van der Waals surface area contributed by atoms with E-state index in [1.807, 2.05) is 6.92 Å². The third-order valence-corrected chi connectivity index (χ3v) is 2.78. The number of rotatable bonds is 7. The molecule has 0 bridgehead atoms. The quantitative estimate of drug-likeness (QED) is 0.556. The largest absolute Gasteiger partial charge is 0.486 e. The minimum atomic E-state index is -0.841. The molecule has 0 N–H and O–H groups in total. The maximum Gasteiger partial charge on any atom is 0.378 e. The Morgan fingerprint density at radius 3 is 2.38 bits per heavy atom. The summed E-state index contributed by atoms with van der Waals surface area (Å²) in [6.45, 7) is 8.95. The highest BCUT2D eigenvalue weighted by atomic mass is 16.6. The molecule has 0 aliphatic rings. The number of hydrogen-bond acceptors (Lipinski definition) is 7. The standard InChI is InChI=1S/C17H24O7/c1-6-8-9-22-13-12(18)11(15(19)24-17(3,4)5)10-23-14(13)16(20)21-7-2/h10H,6-9H2,1-5H3. The van der Waals surface area contributed by atoms with Crippen molar-refractivity contribution in [3.8, 4) is 5.75 Å². The molecule has 0 atom stereocenters. The van der Waals surface area contributed by atoms with E-state index in [0.717, 1.165) is 12.7 Å². The minimum absolute atomic E-state index is 0.116. The zero-order chi connectivity index (χ0) is 18.3. The van der Waals surface area contributed by atoms with Crippen molar-refractivity contribution in [2.75, 3.05) is 13.2 Å². The Hall–Kier alpha value is -2.31. The van der Waals surface area contributed by atoms with Crippen LogP contribution in [0.4, 0.5) is 0 Å². The summed E-state index contributed by atoms with van der Waals surface area (Å²) in [5, 5.41) is 0. The molecule has 0 aromatic carbocycles. The second-order valence-corrected chi connectivity index (χ2v) is 6.06. The van der Waals surface area contributed by atoms with Crippen molar-refractivity contribution >= 4 is 11.9 Å². The molecule has 24 heavy (non-hydrogen) atoms.